The van der Waals surface area contributed by atoms with Crippen molar-refractivity contribution in [2.24, 2.45) is 0 Å². The van der Waals surface area contributed by atoms with Crippen molar-refractivity contribution in [2.75, 3.05) is 49.5 Å². The van der Waals surface area contributed by atoms with Crippen LogP contribution in [0, 0.1) is 5.82 Å². The van der Waals surface area contributed by atoms with E-state index in [0.717, 1.165) is 56.0 Å². The first-order valence-electron chi connectivity index (χ1n) is 10.4. The lowest BCUT2D eigenvalue weighted by atomic mass is 10.1. The predicted molar refractivity (Wildman–Crippen MR) is 117 cm³/mol. The van der Waals surface area contributed by atoms with E-state index in [1.165, 1.54) is 12.1 Å². The quantitative estimate of drug-likeness (QED) is 0.734. The van der Waals surface area contributed by atoms with Gasteiger partial charge >= 0.3 is 0 Å². The van der Waals surface area contributed by atoms with E-state index in [9.17, 15) is 14.0 Å². The number of nitrogens with one attached hydrogen (secondary N) is 2. The van der Waals surface area contributed by atoms with Crippen LogP contribution < -0.4 is 15.5 Å². The van der Waals surface area contributed by atoms with E-state index in [2.05, 4.69) is 20.4 Å². The maximum Gasteiger partial charge on any atom is 0.243 e. The van der Waals surface area contributed by atoms with Crippen LogP contribution in [0.1, 0.15) is 18.9 Å². The number of halogens is 1. The van der Waals surface area contributed by atoms with Crippen LogP contribution in [0.2, 0.25) is 0 Å². The van der Waals surface area contributed by atoms with Gasteiger partial charge in [0.15, 0.2) is 0 Å². The minimum atomic E-state index is -0.242. The van der Waals surface area contributed by atoms with Crippen LogP contribution in [0.4, 0.5) is 15.8 Å². The fraction of sp³-hybridized carbons (Fsp3) is 0.391. The third-order valence-electron chi connectivity index (χ3n) is 5.27. The average Bonchev–Trinajstić information content (AvgIpc) is 2.99. The Balaban J connectivity index is 1.42. The highest BCUT2D eigenvalue weighted by molar-refractivity contribution is 5.95. The van der Waals surface area contributed by atoms with E-state index in [1.54, 1.807) is 12.1 Å². The van der Waals surface area contributed by atoms with Gasteiger partial charge < -0.3 is 15.5 Å². The van der Waals surface area contributed by atoms with Crippen molar-refractivity contribution in [3.63, 3.8) is 0 Å². The van der Waals surface area contributed by atoms with E-state index >= 15 is 0 Å². The molecule has 30 heavy (non-hydrogen) atoms. The standard InChI is InChI=1S/C23H29FN4O2/c1-2-18-6-3-4-7-21(18)26-22(29)16-25-23(30)17-27-12-5-13-28(15-14-27)20-10-8-19(24)9-11-20/h3-4,6-11H,2,5,12-17H2,1H3,(H,25,30)(H,26,29). The summed E-state index contributed by atoms with van der Waals surface area (Å²) < 4.78 is 13.1. The molecule has 1 fully saturated rings. The molecule has 1 heterocycles. The molecule has 1 aliphatic rings. The Labute approximate surface area is 177 Å². The number of aryl methyl sites for hydroxylation is 1. The van der Waals surface area contributed by atoms with Crippen LogP contribution in [0.15, 0.2) is 48.5 Å². The molecule has 1 saturated heterocycles. The minimum absolute atomic E-state index is 0.0492. The summed E-state index contributed by atoms with van der Waals surface area (Å²) in [5.41, 5.74) is 2.84. The number of hydrogen-bond donors (Lipinski definition) is 2. The zero-order valence-electron chi connectivity index (χ0n) is 17.4. The zero-order chi connectivity index (χ0) is 21.3. The van der Waals surface area contributed by atoms with E-state index in [1.807, 2.05) is 31.2 Å². The summed E-state index contributed by atoms with van der Waals surface area (Å²) in [5.74, 6) is -0.638. The van der Waals surface area contributed by atoms with Gasteiger partial charge in [0.1, 0.15) is 5.82 Å². The van der Waals surface area contributed by atoms with Gasteiger partial charge in [-0.1, -0.05) is 25.1 Å². The van der Waals surface area contributed by atoms with Crippen molar-refractivity contribution < 1.29 is 14.0 Å². The number of amides is 2. The second-order valence-corrected chi connectivity index (χ2v) is 7.43. The van der Waals surface area contributed by atoms with Crippen LogP contribution >= 0.6 is 0 Å². The van der Waals surface area contributed by atoms with Crippen molar-refractivity contribution in [3.8, 4) is 0 Å². The van der Waals surface area contributed by atoms with Gasteiger partial charge in [0.25, 0.3) is 0 Å². The number of benzene rings is 2. The first kappa shape index (κ1) is 21.8. The van der Waals surface area contributed by atoms with E-state index in [0.29, 0.717) is 0 Å². The van der Waals surface area contributed by atoms with E-state index in [4.69, 9.17) is 0 Å². The summed E-state index contributed by atoms with van der Waals surface area (Å²) in [5, 5.41) is 5.57. The van der Waals surface area contributed by atoms with Gasteiger partial charge in [-0.3, -0.25) is 14.5 Å². The molecule has 0 atom stereocenters. The van der Waals surface area contributed by atoms with Gasteiger partial charge in [-0.15, -0.1) is 0 Å². The lowest BCUT2D eigenvalue weighted by molar-refractivity contribution is -0.125. The molecular formula is C23H29FN4O2. The molecule has 6 nitrogen and oxygen atoms in total. The highest BCUT2D eigenvalue weighted by Crippen LogP contribution is 2.17. The molecule has 2 aromatic rings. The number of carbonyl (C=O) groups is 2. The number of anilines is 2. The minimum Gasteiger partial charge on any atom is -0.370 e. The fourth-order valence-electron chi connectivity index (χ4n) is 3.62. The number of carbonyl (C=O) groups excluding carboxylic acids is 2. The molecular weight excluding hydrogens is 383 g/mol. The molecule has 0 bridgehead atoms. The van der Waals surface area contributed by atoms with Crippen LogP contribution in [0.5, 0.6) is 0 Å². The summed E-state index contributed by atoms with van der Waals surface area (Å²) in [6, 6.07) is 14.2. The lowest BCUT2D eigenvalue weighted by Crippen LogP contribution is -2.41. The highest BCUT2D eigenvalue weighted by atomic mass is 19.1. The van der Waals surface area contributed by atoms with Crippen LogP contribution in [-0.2, 0) is 16.0 Å². The van der Waals surface area contributed by atoms with Gasteiger partial charge in [-0.05, 0) is 48.7 Å². The molecule has 2 aromatic carbocycles. The maximum atomic E-state index is 13.1. The molecule has 0 aromatic heterocycles. The van der Waals surface area contributed by atoms with Gasteiger partial charge in [0.2, 0.25) is 11.8 Å². The number of nitrogens with zero attached hydrogens (tertiary/aromatic N) is 2. The Kier molecular flexibility index (Phi) is 7.79. The third-order valence-corrected chi connectivity index (χ3v) is 5.27. The van der Waals surface area contributed by atoms with Crippen LogP contribution in [0.3, 0.4) is 0 Å². The monoisotopic (exact) mass is 412 g/mol. The Morgan fingerprint density at radius 2 is 1.73 bits per heavy atom. The Bertz CT molecular complexity index is 857. The van der Waals surface area contributed by atoms with Gasteiger partial charge in [-0.2, -0.15) is 0 Å². The molecule has 0 spiro atoms. The highest BCUT2D eigenvalue weighted by Gasteiger charge is 2.18. The lowest BCUT2D eigenvalue weighted by Gasteiger charge is -2.23. The molecule has 2 amide bonds. The first-order valence-corrected chi connectivity index (χ1v) is 10.4. The summed E-state index contributed by atoms with van der Waals surface area (Å²) in [6.45, 7) is 5.42. The smallest absolute Gasteiger partial charge is 0.243 e. The second-order valence-electron chi connectivity index (χ2n) is 7.43. The van der Waals surface area contributed by atoms with Crippen molar-refractivity contribution in [1.29, 1.82) is 0 Å². The van der Waals surface area contributed by atoms with Crippen molar-refractivity contribution in [1.82, 2.24) is 10.2 Å². The fourth-order valence-corrected chi connectivity index (χ4v) is 3.62. The van der Waals surface area contributed by atoms with Crippen molar-refractivity contribution >= 4 is 23.2 Å². The predicted octanol–water partition coefficient (Wildman–Crippen LogP) is 2.66. The summed E-state index contributed by atoms with van der Waals surface area (Å²) in [7, 11) is 0. The molecule has 3 rings (SSSR count). The SMILES string of the molecule is CCc1ccccc1NC(=O)CNC(=O)CN1CCCN(c2ccc(F)cc2)CC1. The van der Waals surface area contributed by atoms with Crippen molar-refractivity contribution in [3.05, 3.63) is 59.9 Å². The van der Waals surface area contributed by atoms with E-state index in [-0.39, 0.29) is 30.7 Å². The van der Waals surface area contributed by atoms with E-state index < -0.39 is 0 Å². The van der Waals surface area contributed by atoms with Crippen LogP contribution in [0.25, 0.3) is 0 Å². The molecule has 7 heteroatoms. The first-order chi connectivity index (χ1) is 14.5. The summed E-state index contributed by atoms with van der Waals surface area (Å²) in [4.78, 5) is 28.8. The Hall–Kier alpha value is -2.93. The van der Waals surface area contributed by atoms with Gasteiger partial charge in [0, 0.05) is 37.6 Å². The number of hydrogen-bond acceptors (Lipinski definition) is 4. The van der Waals surface area contributed by atoms with Gasteiger partial charge in [-0.25, -0.2) is 4.39 Å². The zero-order valence-corrected chi connectivity index (χ0v) is 17.4. The maximum absolute atomic E-state index is 13.1. The molecule has 0 unspecified atom stereocenters. The topological polar surface area (TPSA) is 64.7 Å². The Morgan fingerprint density at radius 1 is 0.967 bits per heavy atom. The molecule has 1 aliphatic heterocycles. The molecule has 0 saturated carbocycles. The Morgan fingerprint density at radius 3 is 2.50 bits per heavy atom. The molecule has 160 valence electrons. The molecule has 0 aliphatic carbocycles. The average molecular weight is 413 g/mol. The largest absolute Gasteiger partial charge is 0.370 e. The van der Waals surface area contributed by atoms with Crippen molar-refractivity contribution in [2.45, 2.75) is 19.8 Å². The molecule has 2 N–H and O–H groups in total. The molecule has 0 radical (unpaired) electrons. The normalized spacial score (nSPS) is 14.8. The number of rotatable bonds is 7. The third kappa shape index (κ3) is 6.29. The summed E-state index contributed by atoms with van der Waals surface area (Å²) in [6.07, 6.45) is 1.74. The van der Waals surface area contributed by atoms with Crippen LogP contribution in [-0.4, -0.2) is 56.0 Å². The second kappa shape index (κ2) is 10.7. The van der Waals surface area contributed by atoms with Gasteiger partial charge in [0.05, 0.1) is 13.1 Å². The summed E-state index contributed by atoms with van der Waals surface area (Å²) >= 11 is 0. The number of para-hydroxylation sites is 1.